The average Bonchev–Trinajstić information content (AvgIpc) is 3.26. The molecule has 2 heterocycles. The van der Waals surface area contributed by atoms with Crippen LogP contribution in [0.15, 0.2) is 94.8 Å². The van der Waals surface area contributed by atoms with Gasteiger partial charge in [0.1, 0.15) is 0 Å². The van der Waals surface area contributed by atoms with E-state index in [-0.39, 0.29) is 70.4 Å². The van der Waals surface area contributed by atoms with Crippen molar-refractivity contribution in [2.75, 3.05) is 0 Å². The maximum absolute atomic E-state index is 12.9. The Morgan fingerprint density at radius 2 is 0.883 bits per heavy atom. The van der Waals surface area contributed by atoms with Gasteiger partial charge in [0.25, 0.3) is 11.1 Å². The highest BCUT2D eigenvalue weighted by molar-refractivity contribution is 6.01. The van der Waals surface area contributed by atoms with Gasteiger partial charge >= 0.3 is 0 Å². The van der Waals surface area contributed by atoms with E-state index >= 15 is 0 Å². The van der Waals surface area contributed by atoms with Crippen molar-refractivity contribution in [2.45, 2.75) is 142 Å². The van der Waals surface area contributed by atoms with E-state index in [0.29, 0.717) is 48.9 Å². The summed E-state index contributed by atoms with van der Waals surface area (Å²) >= 11 is 0. The second kappa shape index (κ2) is 23.1. The minimum atomic E-state index is -0.344. The Hall–Kier alpha value is -5.06. The number of pyridine rings is 2. The van der Waals surface area contributed by atoms with Crippen molar-refractivity contribution in [1.29, 1.82) is 0 Å². The summed E-state index contributed by atoms with van der Waals surface area (Å²) in [5.74, 6) is 0.612. The van der Waals surface area contributed by atoms with Gasteiger partial charge in [0.15, 0.2) is 23.1 Å². The number of carbonyl (C=O) groups is 4. The summed E-state index contributed by atoms with van der Waals surface area (Å²) in [6, 6.07) is 22.1. The van der Waals surface area contributed by atoms with Crippen LogP contribution >= 0.6 is 0 Å². The van der Waals surface area contributed by atoms with Gasteiger partial charge in [-0.1, -0.05) is 87.4 Å². The van der Waals surface area contributed by atoms with Gasteiger partial charge in [-0.3, -0.25) is 28.8 Å². The first kappa shape index (κ1) is 46.0. The van der Waals surface area contributed by atoms with Crippen LogP contribution in [0.5, 0.6) is 0 Å². The molecule has 60 heavy (non-hydrogen) atoms. The third-order valence-electron chi connectivity index (χ3n) is 12.1. The molecule has 320 valence electrons. The van der Waals surface area contributed by atoms with Gasteiger partial charge in [0.05, 0.1) is 36.4 Å². The zero-order valence-electron chi connectivity index (χ0n) is 35.4. The van der Waals surface area contributed by atoms with Crippen LogP contribution in [0.4, 0.5) is 0 Å². The number of ketones is 4. The van der Waals surface area contributed by atoms with Gasteiger partial charge in [-0.2, -0.15) is 0 Å². The normalized spacial score (nSPS) is 18.9. The van der Waals surface area contributed by atoms with Crippen molar-refractivity contribution in [1.82, 2.24) is 9.13 Å². The first-order chi connectivity index (χ1) is 28.9. The number of Topliss-reactive ketones (excluding diaryl/α,β-unsaturated/α-hetero) is 4. The number of rotatable bonds is 18. The second-order valence-electron chi connectivity index (χ2n) is 16.7. The lowest BCUT2D eigenvalue weighted by molar-refractivity contribution is 0.0947. The van der Waals surface area contributed by atoms with Crippen molar-refractivity contribution < 1.29 is 29.4 Å². The Balaban J connectivity index is 0.000000228. The van der Waals surface area contributed by atoms with Gasteiger partial charge in [0, 0.05) is 49.2 Å². The molecule has 0 bridgehead atoms. The molecule has 2 saturated carbocycles. The number of nitrogens with zero attached hydrogens (tertiary/aromatic N) is 2. The molecule has 2 fully saturated rings. The van der Waals surface area contributed by atoms with Gasteiger partial charge in [-0.15, -0.1) is 0 Å². The van der Waals surface area contributed by atoms with Crippen molar-refractivity contribution in [3.8, 4) is 0 Å². The van der Waals surface area contributed by atoms with Gasteiger partial charge in [-0.25, -0.2) is 0 Å². The average molecular weight is 819 g/mol. The highest BCUT2D eigenvalue weighted by Crippen LogP contribution is 2.29. The van der Waals surface area contributed by atoms with Crippen molar-refractivity contribution in [2.24, 2.45) is 11.8 Å². The van der Waals surface area contributed by atoms with Gasteiger partial charge in [0.2, 0.25) is 0 Å². The monoisotopic (exact) mass is 818 g/mol. The Bertz CT molecular complexity index is 2000. The maximum atomic E-state index is 12.9. The zero-order valence-corrected chi connectivity index (χ0v) is 35.4. The Kier molecular flexibility index (Phi) is 17.7. The van der Waals surface area contributed by atoms with Crippen LogP contribution in [0.2, 0.25) is 0 Å². The molecule has 0 atom stereocenters. The zero-order chi connectivity index (χ0) is 43.0. The van der Waals surface area contributed by atoms with E-state index in [1.54, 1.807) is 26.2 Å². The fourth-order valence-electron chi connectivity index (χ4n) is 8.41. The predicted octanol–water partition coefficient (Wildman–Crippen LogP) is 8.79. The van der Waals surface area contributed by atoms with Crippen LogP contribution in [-0.2, 0) is 13.1 Å². The largest absolute Gasteiger partial charge is 0.393 e. The summed E-state index contributed by atoms with van der Waals surface area (Å²) < 4.78 is 2.96. The molecule has 2 aliphatic rings. The number of hydrogen-bond donors (Lipinski definition) is 2. The number of aromatic nitrogens is 2. The highest BCUT2D eigenvalue weighted by atomic mass is 16.3. The van der Waals surface area contributed by atoms with Crippen molar-refractivity contribution in [3.63, 3.8) is 0 Å². The smallest absolute Gasteiger partial charge is 0.261 e. The van der Waals surface area contributed by atoms with E-state index in [1.165, 1.54) is 21.3 Å². The first-order valence-corrected chi connectivity index (χ1v) is 22.0. The number of carbonyl (C=O) groups excluding carboxylic acids is 4. The second-order valence-corrected chi connectivity index (χ2v) is 16.7. The summed E-state index contributed by atoms with van der Waals surface area (Å²) in [7, 11) is 0. The summed E-state index contributed by atoms with van der Waals surface area (Å²) in [6.07, 6.45) is 15.1. The molecule has 2 aromatic carbocycles. The molecule has 6 rings (SSSR count). The van der Waals surface area contributed by atoms with E-state index in [9.17, 15) is 39.0 Å². The van der Waals surface area contributed by atoms with Crippen LogP contribution in [0.25, 0.3) is 0 Å². The molecule has 4 aromatic rings. The highest BCUT2D eigenvalue weighted by Gasteiger charge is 2.22. The number of aliphatic hydroxyl groups is 2. The van der Waals surface area contributed by atoms with Crippen LogP contribution in [0, 0.1) is 11.8 Å². The Labute approximate surface area is 353 Å². The third-order valence-corrected chi connectivity index (χ3v) is 12.1. The Morgan fingerprint density at radius 3 is 1.22 bits per heavy atom. The lowest BCUT2D eigenvalue weighted by Crippen LogP contribution is -2.28. The topological polar surface area (TPSA) is 153 Å². The number of benzene rings is 2. The van der Waals surface area contributed by atoms with E-state index < -0.39 is 0 Å². The van der Waals surface area contributed by atoms with Crippen molar-refractivity contribution >= 4 is 23.1 Å². The lowest BCUT2D eigenvalue weighted by Gasteiger charge is -2.25. The maximum Gasteiger partial charge on any atom is 0.261 e. The fourth-order valence-corrected chi connectivity index (χ4v) is 8.41. The van der Waals surface area contributed by atoms with Gasteiger partial charge in [-0.05, 0) is 99.3 Å². The predicted molar refractivity (Wildman–Crippen MR) is 234 cm³/mol. The van der Waals surface area contributed by atoms with Crippen LogP contribution in [0.3, 0.4) is 0 Å². The van der Waals surface area contributed by atoms with E-state index in [1.807, 2.05) is 60.7 Å². The molecule has 2 aliphatic carbocycles. The molecular weight excluding hydrogens is 757 g/mol. The molecule has 0 aliphatic heterocycles. The summed E-state index contributed by atoms with van der Waals surface area (Å²) in [6.45, 7) is 4.10. The van der Waals surface area contributed by atoms with Crippen LogP contribution in [-0.4, -0.2) is 54.7 Å². The minimum Gasteiger partial charge on any atom is -0.393 e. The molecule has 0 spiro atoms. The standard InChI is InChI=1S/2C25H31NO4/c2*1-2-23(28)22-15-20(17-26(25(22)30)16-19-7-4-3-5-8-19)24(29)10-6-9-18-11-13-21(27)14-12-18/h2*3-5,7-8,15,17-18,21,27H,2,6,9-14,16H2,1H3. The molecular formula is C50H62N2O8. The third kappa shape index (κ3) is 13.5. The quantitative estimate of drug-likeness (QED) is 0.0946. The van der Waals surface area contributed by atoms with E-state index in [2.05, 4.69) is 0 Å². The SMILES string of the molecule is CCC(=O)c1cc(C(=O)CCCC2CCC(O)CC2)cn(Cc2ccccc2)c1=O.CCC(=O)c1cc(C(=O)CCCC2CCC(O)CC2)cn(Cc2ccccc2)c1=O. The summed E-state index contributed by atoms with van der Waals surface area (Å²) in [5.41, 5.74) is 2.26. The molecule has 0 amide bonds. The van der Waals surface area contributed by atoms with E-state index in [0.717, 1.165) is 88.2 Å². The molecule has 0 saturated heterocycles. The molecule has 0 radical (unpaired) electrons. The van der Waals surface area contributed by atoms with Crippen molar-refractivity contribution in [3.05, 3.63) is 139 Å². The van der Waals surface area contributed by atoms with E-state index in [4.69, 9.17) is 0 Å². The van der Waals surface area contributed by atoms with Crippen LogP contribution in [0.1, 0.15) is 169 Å². The Morgan fingerprint density at radius 1 is 0.533 bits per heavy atom. The molecule has 10 heteroatoms. The summed E-state index contributed by atoms with van der Waals surface area (Å²) in [4.78, 5) is 75.9. The van der Waals surface area contributed by atoms with Gasteiger partial charge < -0.3 is 19.3 Å². The molecule has 10 nitrogen and oxygen atoms in total. The fraction of sp³-hybridized carbons (Fsp3) is 0.480. The molecule has 0 unspecified atom stereocenters. The summed E-state index contributed by atoms with van der Waals surface area (Å²) in [5, 5.41) is 19.2. The number of aliphatic hydroxyl groups excluding tert-OH is 2. The molecule has 2 aromatic heterocycles. The van der Waals surface area contributed by atoms with Crippen LogP contribution < -0.4 is 11.1 Å². The lowest BCUT2D eigenvalue weighted by atomic mass is 9.84. The first-order valence-electron chi connectivity index (χ1n) is 22.0. The number of hydrogen-bond acceptors (Lipinski definition) is 8. The molecule has 2 N–H and O–H groups in total. The minimum absolute atomic E-state index is 0.0298.